The Hall–Kier alpha value is -2.31. The number of aryl methyl sites for hydroxylation is 2. The molecule has 7 nitrogen and oxygen atoms in total. The largest absolute Gasteiger partial charge is 0.366 e. The summed E-state index contributed by atoms with van der Waals surface area (Å²) in [6.07, 6.45) is 0. The summed E-state index contributed by atoms with van der Waals surface area (Å²) in [6, 6.07) is 3.81. The predicted octanol–water partition coefficient (Wildman–Crippen LogP) is 0.189. The molecular weight excluding hydrogens is 208 g/mol. The fourth-order valence-electron chi connectivity index (χ4n) is 1.38. The molecule has 1 amide bonds. The topological polar surface area (TPSA) is 102 Å². The van der Waals surface area contributed by atoms with Gasteiger partial charge in [0.25, 0.3) is 0 Å². The number of hydrogen-bond acceptors (Lipinski definition) is 4. The first-order valence-corrected chi connectivity index (χ1v) is 4.72. The second kappa shape index (κ2) is 3.69. The second-order valence-electron chi connectivity index (χ2n) is 3.43. The van der Waals surface area contributed by atoms with E-state index in [2.05, 4.69) is 20.6 Å². The number of aromatic nitrogens is 4. The normalized spacial score (nSPS) is 10.4. The van der Waals surface area contributed by atoms with Crippen molar-refractivity contribution in [1.82, 2.24) is 19.9 Å². The Morgan fingerprint density at radius 1 is 1.44 bits per heavy atom. The molecule has 2 aromatic rings. The second-order valence-corrected chi connectivity index (χ2v) is 3.43. The van der Waals surface area contributed by atoms with Gasteiger partial charge >= 0.3 is 5.91 Å². The van der Waals surface area contributed by atoms with Gasteiger partial charge in [-0.2, -0.15) is 4.98 Å². The highest BCUT2D eigenvalue weighted by molar-refractivity contribution is 5.96. The first-order chi connectivity index (χ1) is 7.58. The van der Waals surface area contributed by atoms with Crippen molar-refractivity contribution in [2.75, 3.05) is 11.2 Å². The Bertz CT molecular complexity index is 506. The molecule has 0 aliphatic carbocycles. The van der Waals surface area contributed by atoms with E-state index in [1.165, 1.54) is 0 Å². The van der Waals surface area contributed by atoms with Crippen LogP contribution in [0.1, 0.15) is 22.0 Å². The maximum absolute atomic E-state index is 11.7. The van der Waals surface area contributed by atoms with E-state index in [0.717, 1.165) is 11.4 Å². The Balaban J connectivity index is 2.20. The lowest BCUT2D eigenvalue weighted by Gasteiger charge is -2.09. The fourth-order valence-corrected chi connectivity index (χ4v) is 1.38. The van der Waals surface area contributed by atoms with E-state index >= 15 is 0 Å². The van der Waals surface area contributed by atoms with Gasteiger partial charge in [0.2, 0.25) is 11.8 Å². The van der Waals surface area contributed by atoms with Gasteiger partial charge in [0.15, 0.2) is 0 Å². The molecule has 0 radical (unpaired) electrons. The standard InChI is InChI=1S/C9H12N6O/c1-5-3-4-6(2)15(5)14-8(16)7-11-9(10)13-12-7/h3-4H,1-2H3,(H,14,16)(H3,10,11,12,13). The average molecular weight is 220 g/mol. The molecule has 2 rings (SSSR count). The highest BCUT2D eigenvalue weighted by Gasteiger charge is 2.12. The summed E-state index contributed by atoms with van der Waals surface area (Å²) in [5, 5.41) is 6.03. The molecule has 7 heteroatoms. The van der Waals surface area contributed by atoms with Gasteiger partial charge in [-0.3, -0.25) is 20.0 Å². The van der Waals surface area contributed by atoms with Crippen molar-refractivity contribution in [2.45, 2.75) is 13.8 Å². The van der Waals surface area contributed by atoms with Crippen molar-refractivity contribution < 1.29 is 4.79 Å². The molecule has 0 saturated carbocycles. The van der Waals surface area contributed by atoms with Gasteiger partial charge in [-0.1, -0.05) is 0 Å². The first kappa shape index (κ1) is 10.2. The molecule has 0 unspecified atom stereocenters. The number of nitrogens with two attached hydrogens (primary N) is 1. The Labute approximate surface area is 91.6 Å². The zero-order chi connectivity index (χ0) is 11.7. The summed E-state index contributed by atoms with van der Waals surface area (Å²) in [6.45, 7) is 3.78. The lowest BCUT2D eigenvalue weighted by Crippen LogP contribution is -2.25. The van der Waals surface area contributed by atoms with Crippen LogP contribution in [0.15, 0.2) is 12.1 Å². The number of H-pyrrole nitrogens is 1. The van der Waals surface area contributed by atoms with E-state index in [4.69, 9.17) is 5.73 Å². The van der Waals surface area contributed by atoms with Gasteiger partial charge in [-0.15, -0.1) is 5.10 Å². The van der Waals surface area contributed by atoms with E-state index in [1.54, 1.807) is 4.68 Å². The third kappa shape index (κ3) is 1.74. The SMILES string of the molecule is Cc1ccc(C)n1NC(=O)c1nc(N)n[nH]1. The number of aromatic amines is 1. The zero-order valence-electron chi connectivity index (χ0n) is 8.98. The van der Waals surface area contributed by atoms with E-state index in [9.17, 15) is 4.79 Å². The van der Waals surface area contributed by atoms with Crippen molar-refractivity contribution in [1.29, 1.82) is 0 Å². The number of carbonyl (C=O) groups excluding carboxylic acids is 1. The van der Waals surface area contributed by atoms with Crippen LogP contribution < -0.4 is 11.2 Å². The minimum Gasteiger partial charge on any atom is -0.366 e. The highest BCUT2D eigenvalue weighted by atomic mass is 16.2. The van der Waals surface area contributed by atoms with Crippen LogP contribution in [0.3, 0.4) is 0 Å². The number of hydrogen-bond donors (Lipinski definition) is 3. The lowest BCUT2D eigenvalue weighted by molar-refractivity contribution is 0.0997. The molecule has 16 heavy (non-hydrogen) atoms. The summed E-state index contributed by atoms with van der Waals surface area (Å²) in [7, 11) is 0. The fraction of sp³-hybridized carbons (Fsp3) is 0.222. The molecule has 0 aromatic carbocycles. The number of nitrogens with one attached hydrogen (secondary N) is 2. The molecule has 0 spiro atoms. The van der Waals surface area contributed by atoms with Crippen molar-refractivity contribution in [3.63, 3.8) is 0 Å². The molecule has 0 bridgehead atoms. The van der Waals surface area contributed by atoms with Crippen LogP contribution in [0.2, 0.25) is 0 Å². The highest BCUT2D eigenvalue weighted by Crippen LogP contribution is 2.05. The van der Waals surface area contributed by atoms with E-state index in [1.807, 2.05) is 26.0 Å². The minimum atomic E-state index is -0.383. The summed E-state index contributed by atoms with van der Waals surface area (Å²) in [5.41, 5.74) is 9.84. The van der Waals surface area contributed by atoms with Crippen molar-refractivity contribution >= 4 is 11.9 Å². The minimum absolute atomic E-state index is 0.0473. The number of amides is 1. The molecule has 0 atom stereocenters. The molecule has 84 valence electrons. The summed E-state index contributed by atoms with van der Waals surface area (Å²) in [5.74, 6) is -0.247. The number of nitrogen functional groups attached to an aromatic ring is 1. The van der Waals surface area contributed by atoms with Crippen molar-refractivity contribution in [3.05, 3.63) is 29.3 Å². The number of anilines is 1. The van der Waals surface area contributed by atoms with Gasteiger partial charge in [0.1, 0.15) is 0 Å². The van der Waals surface area contributed by atoms with Crippen LogP contribution in [-0.2, 0) is 0 Å². The number of carbonyl (C=O) groups is 1. The van der Waals surface area contributed by atoms with Crippen LogP contribution in [0, 0.1) is 13.8 Å². The maximum atomic E-state index is 11.7. The van der Waals surface area contributed by atoms with Gasteiger partial charge in [-0.25, -0.2) is 0 Å². The predicted molar refractivity (Wildman–Crippen MR) is 58.4 cm³/mol. The van der Waals surface area contributed by atoms with Gasteiger partial charge in [-0.05, 0) is 26.0 Å². The third-order valence-electron chi connectivity index (χ3n) is 2.20. The molecule has 0 aliphatic rings. The van der Waals surface area contributed by atoms with E-state index in [0.29, 0.717) is 0 Å². The van der Waals surface area contributed by atoms with Crippen LogP contribution in [0.4, 0.5) is 5.95 Å². The van der Waals surface area contributed by atoms with Crippen LogP contribution in [-0.4, -0.2) is 25.8 Å². The van der Waals surface area contributed by atoms with Crippen LogP contribution >= 0.6 is 0 Å². The van der Waals surface area contributed by atoms with Crippen molar-refractivity contribution in [3.8, 4) is 0 Å². The Morgan fingerprint density at radius 3 is 2.56 bits per heavy atom. The van der Waals surface area contributed by atoms with Gasteiger partial charge < -0.3 is 5.73 Å². The van der Waals surface area contributed by atoms with Gasteiger partial charge in [0.05, 0.1) is 0 Å². The van der Waals surface area contributed by atoms with E-state index in [-0.39, 0.29) is 17.7 Å². The van der Waals surface area contributed by atoms with Gasteiger partial charge in [0, 0.05) is 11.4 Å². The Morgan fingerprint density at radius 2 is 2.06 bits per heavy atom. The molecular formula is C9H12N6O. The molecule has 2 aromatic heterocycles. The molecule has 0 saturated heterocycles. The maximum Gasteiger partial charge on any atom is 0.307 e. The quantitative estimate of drug-likeness (QED) is 0.672. The third-order valence-corrected chi connectivity index (χ3v) is 2.20. The number of rotatable bonds is 2. The average Bonchev–Trinajstić information content (AvgIpc) is 2.79. The summed E-state index contributed by atoms with van der Waals surface area (Å²) >= 11 is 0. The molecule has 0 fully saturated rings. The summed E-state index contributed by atoms with van der Waals surface area (Å²) < 4.78 is 1.67. The first-order valence-electron chi connectivity index (χ1n) is 4.72. The van der Waals surface area contributed by atoms with E-state index < -0.39 is 0 Å². The van der Waals surface area contributed by atoms with Crippen molar-refractivity contribution in [2.24, 2.45) is 0 Å². The molecule has 2 heterocycles. The molecule has 0 aliphatic heterocycles. The lowest BCUT2D eigenvalue weighted by atomic mass is 10.5. The monoisotopic (exact) mass is 220 g/mol. The smallest absolute Gasteiger partial charge is 0.307 e. The number of nitrogens with zero attached hydrogens (tertiary/aromatic N) is 3. The zero-order valence-corrected chi connectivity index (χ0v) is 8.98. The summed E-state index contributed by atoms with van der Waals surface area (Å²) in [4.78, 5) is 15.4. The molecule has 4 N–H and O–H groups in total. The van der Waals surface area contributed by atoms with Crippen LogP contribution in [0.5, 0.6) is 0 Å². The van der Waals surface area contributed by atoms with Crippen LogP contribution in [0.25, 0.3) is 0 Å². The Kier molecular flexibility index (Phi) is 2.35.